The second kappa shape index (κ2) is 5.65. The summed E-state index contributed by atoms with van der Waals surface area (Å²) in [7, 11) is 0. The molecule has 0 radical (unpaired) electrons. The van der Waals surface area contributed by atoms with Crippen molar-refractivity contribution in [3.63, 3.8) is 0 Å². The molecule has 2 N–H and O–H groups in total. The lowest BCUT2D eigenvalue weighted by Gasteiger charge is -2.18. The summed E-state index contributed by atoms with van der Waals surface area (Å²) in [6, 6.07) is 6.96. The van der Waals surface area contributed by atoms with E-state index in [0.717, 1.165) is 25.8 Å². The van der Waals surface area contributed by atoms with Crippen LogP contribution in [0.1, 0.15) is 36.0 Å². The van der Waals surface area contributed by atoms with Gasteiger partial charge in [-0.15, -0.1) is 0 Å². The maximum atomic E-state index is 10.1. The van der Waals surface area contributed by atoms with E-state index in [4.69, 9.17) is 0 Å². The molecule has 0 aliphatic carbocycles. The van der Waals surface area contributed by atoms with Gasteiger partial charge in [0, 0.05) is 6.04 Å². The van der Waals surface area contributed by atoms with Gasteiger partial charge >= 0.3 is 0 Å². The number of rotatable bonds is 4. The van der Waals surface area contributed by atoms with Crippen LogP contribution in [-0.2, 0) is 6.42 Å². The molecule has 0 spiro atoms. The number of aryl methyl sites for hydroxylation is 3. The van der Waals surface area contributed by atoms with E-state index in [2.05, 4.69) is 37.4 Å². The normalized spacial score (nSPS) is 21.7. The van der Waals surface area contributed by atoms with Crippen LogP contribution in [0.15, 0.2) is 18.2 Å². The van der Waals surface area contributed by atoms with Crippen molar-refractivity contribution < 1.29 is 5.11 Å². The summed E-state index contributed by atoms with van der Waals surface area (Å²) in [4.78, 5) is 0. The van der Waals surface area contributed by atoms with Gasteiger partial charge in [-0.3, -0.25) is 0 Å². The Hall–Kier alpha value is -0.860. The lowest BCUT2D eigenvalue weighted by atomic mass is 9.98. The first-order valence-electron chi connectivity index (χ1n) is 6.64. The average molecular weight is 233 g/mol. The highest BCUT2D eigenvalue weighted by molar-refractivity contribution is 5.28. The van der Waals surface area contributed by atoms with Crippen molar-refractivity contribution >= 4 is 0 Å². The minimum absolute atomic E-state index is 0.196. The topological polar surface area (TPSA) is 32.3 Å². The van der Waals surface area contributed by atoms with E-state index in [9.17, 15) is 5.11 Å². The summed E-state index contributed by atoms with van der Waals surface area (Å²) in [5, 5.41) is 13.5. The highest BCUT2D eigenvalue weighted by atomic mass is 16.3. The van der Waals surface area contributed by atoms with Gasteiger partial charge in [-0.25, -0.2) is 0 Å². The van der Waals surface area contributed by atoms with E-state index < -0.39 is 0 Å². The molecule has 1 saturated heterocycles. The molecule has 94 valence electrons. The molecule has 2 rings (SSSR count). The van der Waals surface area contributed by atoms with Crippen molar-refractivity contribution in [3.8, 4) is 0 Å². The second-order valence-electron chi connectivity index (χ2n) is 5.30. The fourth-order valence-electron chi connectivity index (χ4n) is 2.77. The summed E-state index contributed by atoms with van der Waals surface area (Å²) < 4.78 is 0. The maximum absolute atomic E-state index is 10.1. The Balaban J connectivity index is 1.88. The van der Waals surface area contributed by atoms with Gasteiger partial charge in [0.1, 0.15) is 0 Å². The molecule has 17 heavy (non-hydrogen) atoms. The van der Waals surface area contributed by atoms with Crippen molar-refractivity contribution in [1.82, 2.24) is 5.32 Å². The minimum Gasteiger partial charge on any atom is -0.391 e. The quantitative estimate of drug-likeness (QED) is 0.836. The Bertz CT molecular complexity index is 349. The second-order valence-corrected chi connectivity index (χ2v) is 5.30. The van der Waals surface area contributed by atoms with Crippen LogP contribution in [0.5, 0.6) is 0 Å². The van der Waals surface area contributed by atoms with Gasteiger partial charge in [-0.1, -0.05) is 29.3 Å². The van der Waals surface area contributed by atoms with Crippen LogP contribution < -0.4 is 5.32 Å². The number of aliphatic hydroxyl groups is 1. The Morgan fingerprint density at radius 2 is 2.00 bits per heavy atom. The number of benzene rings is 1. The van der Waals surface area contributed by atoms with Gasteiger partial charge in [0.25, 0.3) is 0 Å². The van der Waals surface area contributed by atoms with Crippen LogP contribution in [0.4, 0.5) is 0 Å². The molecule has 0 aromatic heterocycles. The minimum atomic E-state index is -0.196. The first-order chi connectivity index (χ1) is 8.15. The third-order valence-corrected chi connectivity index (χ3v) is 3.57. The molecule has 1 aromatic carbocycles. The first kappa shape index (κ1) is 12.6. The van der Waals surface area contributed by atoms with E-state index in [1.807, 2.05) is 0 Å². The third kappa shape index (κ3) is 3.55. The van der Waals surface area contributed by atoms with Crippen molar-refractivity contribution in [2.24, 2.45) is 0 Å². The Morgan fingerprint density at radius 1 is 1.29 bits per heavy atom. The zero-order valence-corrected chi connectivity index (χ0v) is 10.9. The number of hydrogen-bond acceptors (Lipinski definition) is 2. The highest BCUT2D eigenvalue weighted by Crippen LogP contribution is 2.16. The molecular formula is C15H23NO. The predicted molar refractivity (Wildman–Crippen MR) is 71.3 cm³/mol. The van der Waals surface area contributed by atoms with E-state index in [1.165, 1.54) is 23.1 Å². The van der Waals surface area contributed by atoms with E-state index in [1.54, 1.807) is 0 Å². The molecule has 2 nitrogen and oxygen atoms in total. The SMILES string of the molecule is Cc1cc(C)cc(CCC(O)C2CCCN2)c1. The van der Waals surface area contributed by atoms with Crippen molar-refractivity contribution in [2.75, 3.05) is 6.54 Å². The summed E-state index contributed by atoms with van der Waals surface area (Å²) in [5.74, 6) is 0. The van der Waals surface area contributed by atoms with Crippen LogP contribution in [0.2, 0.25) is 0 Å². The van der Waals surface area contributed by atoms with E-state index in [-0.39, 0.29) is 6.10 Å². The predicted octanol–water partition coefficient (Wildman–Crippen LogP) is 2.35. The Labute approximate surface area is 104 Å². The van der Waals surface area contributed by atoms with Crippen molar-refractivity contribution in [2.45, 2.75) is 51.7 Å². The summed E-state index contributed by atoms with van der Waals surface area (Å²) in [6.45, 7) is 5.32. The zero-order chi connectivity index (χ0) is 12.3. The number of hydrogen-bond donors (Lipinski definition) is 2. The summed E-state index contributed by atoms with van der Waals surface area (Å²) >= 11 is 0. The Kier molecular flexibility index (Phi) is 4.19. The first-order valence-corrected chi connectivity index (χ1v) is 6.64. The van der Waals surface area contributed by atoms with Crippen LogP contribution in [0, 0.1) is 13.8 Å². The molecule has 0 amide bonds. The molecule has 1 fully saturated rings. The summed E-state index contributed by atoms with van der Waals surface area (Å²) in [6.07, 6.45) is 3.96. The molecule has 1 aliphatic heterocycles. The van der Waals surface area contributed by atoms with Crippen molar-refractivity contribution in [1.29, 1.82) is 0 Å². The molecule has 1 heterocycles. The highest BCUT2D eigenvalue weighted by Gasteiger charge is 2.21. The van der Waals surface area contributed by atoms with Gasteiger partial charge < -0.3 is 10.4 Å². The number of nitrogens with one attached hydrogen (secondary N) is 1. The monoisotopic (exact) mass is 233 g/mol. The van der Waals surface area contributed by atoms with Crippen LogP contribution in [0.3, 0.4) is 0 Å². The molecule has 2 heteroatoms. The van der Waals surface area contributed by atoms with Gasteiger partial charge in [0.15, 0.2) is 0 Å². The van der Waals surface area contributed by atoms with Gasteiger partial charge in [-0.05, 0) is 51.6 Å². The lowest BCUT2D eigenvalue weighted by molar-refractivity contribution is 0.127. The average Bonchev–Trinajstić information content (AvgIpc) is 2.78. The molecule has 1 aromatic rings. The Morgan fingerprint density at radius 3 is 2.59 bits per heavy atom. The molecule has 1 aliphatic rings. The van der Waals surface area contributed by atoms with Crippen LogP contribution in [0.25, 0.3) is 0 Å². The molecule has 0 bridgehead atoms. The molecular weight excluding hydrogens is 210 g/mol. The smallest absolute Gasteiger partial charge is 0.0696 e. The van der Waals surface area contributed by atoms with Crippen LogP contribution >= 0.6 is 0 Å². The summed E-state index contributed by atoms with van der Waals surface area (Å²) in [5.41, 5.74) is 3.97. The van der Waals surface area contributed by atoms with E-state index >= 15 is 0 Å². The van der Waals surface area contributed by atoms with Crippen LogP contribution in [-0.4, -0.2) is 23.8 Å². The number of aliphatic hydroxyl groups excluding tert-OH is 1. The fourth-order valence-corrected chi connectivity index (χ4v) is 2.77. The van der Waals surface area contributed by atoms with Gasteiger partial charge in [-0.2, -0.15) is 0 Å². The molecule has 0 saturated carbocycles. The molecule has 2 atom stereocenters. The van der Waals surface area contributed by atoms with Crippen molar-refractivity contribution in [3.05, 3.63) is 34.9 Å². The van der Waals surface area contributed by atoms with Gasteiger partial charge in [0.2, 0.25) is 0 Å². The zero-order valence-electron chi connectivity index (χ0n) is 10.9. The standard InChI is InChI=1S/C15H23NO/c1-11-8-12(2)10-13(9-11)5-6-15(17)14-4-3-7-16-14/h8-10,14-17H,3-7H2,1-2H3. The van der Waals surface area contributed by atoms with Gasteiger partial charge in [0.05, 0.1) is 6.10 Å². The van der Waals surface area contributed by atoms with E-state index in [0.29, 0.717) is 6.04 Å². The largest absolute Gasteiger partial charge is 0.391 e. The molecule has 2 unspecified atom stereocenters. The lowest BCUT2D eigenvalue weighted by Crippen LogP contribution is -2.34. The maximum Gasteiger partial charge on any atom is 0.0696 e. The fraction of sp³-hybridized carbons (Fsp3) is 0.600. The third-order valence-electron chi connectivity index (χ3n) is 3.57.